The van der Waals surface area contributed by atoms with Gasteiger partial charge in [0.15, 0.2) is 12.4 Å². The molecular weight excluding hydrogens is 164 g/mol. The van der Waals surface area contributed by atoms with Crippen LogP contribution in [-0.2, 0) is 14.3 Å². The molecule has 1 fully saturated rings. The van der Waals surface area contributed by atoms with Gasteiger partial charge in [0, 0.05) is 6.92 Å². The van der Waals surface area contributed by atoms with Gasteiger partial charge in [-0.15, -0.1) is 0 Å². The lowest BCUT2D eigenvalue weighted by Crippen LogP contribution is -2.35. The van der Waals surface area contributed by atoms with Gasteiger partial charge in [-0.25, -0.2) is 0 Å². The molecule has 12 heavy (non-hydrogen) atoms. The highest BCUT2D eigenvalue weighted by Gasteiger charge is 2.42. The number of aliphatic hydroxyl groups is 2. The van der Waals surface area contributed by atoms with Crippen molar-refractivity contribution in [2.75, 3.05) is 0 Å². The number of aliphatic hydroxyl groups excluding tert-OH is 2. The van der Waals surface area contributed by atoms with Gasteiger partial charge in [0.05, 0.1) is 6.10 Å². The Morgan fingerprint density at radius 2 is 2.08 bits per heavy atom. The zero-order chi connectivity index (χ0) is 9.30. The second kappa shape index (κ2) is 3.38. The Morgan fingerprint density at radius 1 is 1.50 bits per heavy atom. The first kappa shape index (κ1) is 9.44. The van der Waals surface area contributed by atoms with Crippen LogP contribution in [0.5, 0.6) is 0 Å². The van der Waals surface area contributed by atoms with Gasteiger partial charge >= 0.3 is 5.97 Å². The van der Waals surface area contributed by atoms with Gasteiger partial charge in [-0.2, -0.15) is 0 Å². The molecule has 4 atom stereocenters. The van der Waals surface area contributed by atoms with Crippen LogP contribution in [0, 0.1) is 0 Å². The molecule has 0 spiro atoms. The summed E-state index contributed by atoms with van der Waals surface area (Å²) in [7, 11) is 0. The van der Waals surface area contributed by atoms with Crippen molar-refractivity contribution in [1.82, 2.24) is 0 Å². The van der Waals surface area contributed by atoms with Gasteiger partial charge in [-0.3, -0.25) is 4.79 Å². The molecular formula is C7H12O5. The summed E-state index contributed by atoms with van der Waals surface area (Å²) < 4.78 is 9.55. The third-order valence-electron chi connectivity index (χ3n) is 1.75. The number of ether oxygens (including phenoxy) is 2. The molecule has 1 saturated heterocycles. The van der Waals surface area contributed by atoms with Gasteiger partial charge in [-0.05, 0) is 6.92 Å². The van der Waals surface area contributed by atoms with Gasteiger partial charge in [-0.1, -0.05) is 0 Å². The Balaban J connectivity index is 2.57. The van der Waals surface area contributed by atoms with Crippen molar-refractivity contribution in [2.45, 2.75) is 38.4 Å². The van der Waals surface area contributed by atoms with Crippen LogP contribution >= 0.6 is 0 Å². The Kier molecular flexibility index (Phi) is 2.66. The summed E-state index contributed by atoms with van der Waals surface area (Å²) in [5, 5.41) is 18.2. The highest BCUT2D eigenvalue weighted by molar-refractivity contribution is 5.66. The van der Waals surface area contributed by atoms with E-state index in [4.69, 9.17) is 14.6 Å². The monoisotopic (exact) mass is 176 g/mol. The second-order valence-electron chi connectivity index (χ2n) is 2.80. The fourth-order valence-electron chi connectivity index (χ4n) is 1.17. The smallest absolute Gasteiger partial charge is 0.303 e. The maximum atomic E-state index is 10.5. The molecule has 0 aromatic rings. The molecule has 5 heteroatoms. The lowest BCUT2D eigenvalue weighted by atomic mass is 10.1. The molecule has 0 aromatic carbocycles. The van der Waals surface area contributed by atoms with E-state index in [1.165, 1.54) is 6.92 Å². The Labute approximate surface area is 69.9 Å². The molecule has 1 heterocycles. The quantitative estimate of drug-likeness (QED) is 0.502. The third-order valence-corrected chi connectivity index (χ3v) is 1.75. The van der Waals surface area contributed by atoms with E-state index in [2.05, 4.69) is 0 Å². The molecule has 1 aliphatic rings. The normalized spacial score (nSPS) is 41.3. The molecule has 0 saturated carbocycles. The van der Waals surface area contributed by atoms with E-state index in [0.29, 0.717) is 0 Å². The Morgan fingerprint density at radius 3 is 2.42 bits per heavy atom. The predicted molar refractivity (Wildman–Crippen MR) is 38.1 cm³/mol. The summed E-state index contributed by atoms with van der Waals surface area (Å²) in [6.07, 6.45) is -3.65. The zero-order valence-electron chi connectivity index (χ0n) is 6.93. The largest absolute Gasteiger partial charge is 0.457 e. The summed E-state index contributed by atoms with van der Waals surface area (Å²) in [4.78, 5) is 10.5. The number of carbonyl (C=O) groups excluding carboxylic acids is 1. The molecule has 2 N–H and O–H groups in total. The predicted octanol–water partition coefficient (Wildman–Crippen LogP) is -0.984. The zero-order valence-corrected chi connectivity index (χ0v) is 6.93. The molecule has 0 aromatic heterocycles. The Bertz CT molecular complexity index is 181. The topological polar surface area (TPSA) is 76.0 Å². The van der Waals surface area contributed by atoms with Crippen LogP contribution in [-0.4, -0.2) is 40.8 Å². The van der Waals surface area contributed by atoms with Crippen LogP contribution in [0.2, 0.25) is 0 Å². The van der Waals surface area contributed by atoms with E-state index in [1.807, 2.05) is 0 Å². The first-order valence-electron chi connectivity index (χ1n) is 3.71. The van der Waals surface area contributed by atoms with Crippen LogP contribution in [0.1, 0.15) is 13.8 Å². The third kappa shape index (κ3) is 1.74. The van der Waals surface area contributed by atoms with E-state index >= 15 is 0 Å². The van der Waals surface area contributed by atoms with Gasteiger partial charge in [0.2, 0.25) is 0 Å². The number of hydrogen-bond donors (Lipinski definition) is 2. The first-order valence-corrected chi connectivity index (χ1v) is 3.71. The highest BCUT2D eigenvalue weighted by atomic mass is 16.7. The van der Waals surface area contributed by atoms with Gasteiger partial charge in [0.1, 0.15) is 6.10 Å². The van der Waals surface area contributed by atoms with Crippen LogP contribution < -0.4 is 0 Å². The minimum Gasteiger partial charge on any atom is -0.457 e. The molecule has 0 amide bonds. The Hall–Kier alpha value is -0.650. The van der Waals surface area contributed by atoms with Crippen LogP contribution in [0.3, 0.4) is 0 Å². The number of rotatable bonds is 1. The number of hydrogen-bond acceptors (Lipinski definition) is 5. The van der Waals surface area contributed by atoms with Gasteiger partial charge < -0.3 is 19.7 Å². The summed E-state index contributed by atoms with van der Waals surface area (Å²) in [5.74, 6) is -0.497. The molecule has 0 unspecified atom stereocenters. The molecule has 70 valence electrons. The summed E-state index contributed by atoms with van der Waals surface area (Å²) in [6, 6.07) is 0. The number of carbonyl (C=O) groups is 1. The maximum absolute atomic E-state index is 10.5. The van der Waals surface area contributed by atoms with E-state index in [-0.39, 0.29) is 0 Å². The first-order chi connectivity index (χ1) is 5.52. The molecule has 5 nitrogen and oxygen atoms in total. The average molecular weight is 176 g/mol. The summed E-state index contributed by atoms with van der Waals surface area (Å²) >= 11 is 0. The fourth-order valence-corrected chi connectivity index (χ4v) is 1.17. The van der Waals surface area contributed by atoms with Crippen molar-refractivity contribution in [3.05, 3.63) is 0 Å². The number of esters is 1. The molecule has 0 aliphatic carbocycles. The van der Waals surface area contributed by atoms with E-state index < -0.39 is 30.6 Å². The van der Waals surface area contributed by atoms with Crippen molar-refractivity contribution in [2.24, 2.45) is 0 Å². The highest BCUT2D eigenvalue weighted by Crippen LogP contribution is 2.21. The van der Waals surface area contributed by atoms with E-state index in [1.54, 1.807) is 6.92 Å². The minimum absolute atomic E-state index is 0.473. The van der Waals surface area contributed by atoms with E-state index in [9.17, 15) is 9.90 Å². The van der Waals surface area contributed by atoms with Crippen molar-refractivity contribution in [3.8, 4) is 0 Å². The maximum Gasteiger partial charge on any atom is 0.303 e. The van der Waals surface area contributed by atoms with Gasteiger partial charge in [0.25, 0.3) is 0 Å². The summed E-state index contributed by atoms with van der Waals surface area (Å²) in [5.41, 5.74) is 0. The van der Waals surface area contributed by atoms with Crippen molar-refractivity contribution in [1.29, 1.82) is 0 Å². The summed E-state index contributed by atoms with van der Waals surface area (Å²) in [6.45, 7) is 2.86. The fraction of sp³-hybridized carbons (Fsp3) is 0.857. The average Bonchev–Trinajstić information content (AvgIpc) is 2.16. The lowest BCUT2D eigenvalue weighted by molar-refractivity contribution is -0.152. The minimum atomic E-state index is -1.26. The van der Waals surface area contributed by atoms with Crippen molar-refractivity contribution >= 4 is 5.97 Å². The van der Waals surface area contributed by atoms with Crippen LogP contribution in [0.15, 0.2) is 0 Å². The lowest BCUT2D eigenvalue weighted by Gasteiger charge is -2.16. The van der Waals surface area contributed by atoms with Crippen LogP contribution in [0.4, 0.5) is 0 Å². The van der Waals surface area contributed by atoms with E-state index in [0.717, 1.165) is 0 Å². The molecule has 1 rings (SSSR count). The van der Waals surface area contributed by atoms with Crippen molar-refractivity contribution < 1.29 is 24.5 Å². The van der Waals surface area contributed by atoms with Crippen molar-refractivity contribution in [3.63, 3.8) is 0 Å². The molecule has 0 radical (unpaired) electrons. The van der Waals surface area contributed by atoms with Crippen LogP contribution in [0.25, 0.3) is 0 Å². The SMILES string of the molecule is CC(=O)O[C@@H]1[C@@H](O)[C@H](O)O[C@@H]1C. The molecule has 0 bridgehead atoms. The standard InChI is InChI=1S/C7H12O5/c1-3-6(12-4(2)8)5(9)7(10)11-3/h3,5-7,9-10H,1-2H3/t3-,5-,6+,7-/m1/s1. The second-order valence-corrected chi connectivity index (χ2v) is 2.80. The molecule has 1 aliphatic heterocycles.